The van der Waals surface area contributed by atoms with Gasteiger partial charge in [-0.15, -0.1) is 0 Å². The summed E-state index contributed by atoms with van der Waals surface area (Å²) < 4.78 is 1.89. The molecule has 0 radical (unpaired) electrons. The zero-order chi connectivity index (χ0) is 18.7. The van der Waals surface area contributed by atoms with Crippen LogP contribution in [0.15, 0.2) is 42.7 Å². The quantitative estimate of drug-likeness (QED) is 0.733. The largest absolute Gasteiger partial charge is 0.320 e. The molecule has 0 unspecified atom stereocenters. The van der Waals surface area contributed by atoms with Crippen LogP contribution in [-0.4, -0.2) is 25.4 Å². The summed E-state index contributed by atoms with van der Waals surface area (Å²) in [7, 11) is 0. The van der Waals surface area contributed by atoms with Crippen LogP contribution in [0.3, 0.4) is 0 Å². The van der Waals surface area contributed by atoms with E-state index in [1.54, 1.807) is 18.5 Å². The summed E-state index contributed by atoms with van der Waals surface area (Å²) in [4.78, 5) is 25.2. The molecule has 2 heterocycles. The first-order chi connectivity index (χ1) is 12.5. The predicted octanol–water partition coefficient (Wildman–Crippen LogP) is 3.55. The van der Waals surface area contributed by atoms with Crippen molar-refractivity contribution in [3.05, 3.63) is 71.1 Å². The van der Waals surface area contributed by atoms with E-state index in [2.05, 4.69) is 20.3 Å². The van der Waals surface area contributed by atoms with Gasteiger partial charge in [0.15, 0.2) is 0 Å². The van der Waals surface area contributed by atoms with Gasteiger partial charge in [0.1, 0.15) is 5.82 Å². The summed E-state index contributed by atoms with van der Waals surface area (Å²) in [5, 5.41) is 2.77. The maximum absolute atomic E-state index is 12.1. The lowest BCUT2D eigenvalue weighted by Crippen LogP contribution is -2.10. The van der Waals surface area contributed by atoms with Crippen molar-refractivity contribution in [2.45, 2.75) is 27.7 Å². The SMILES string of the molecule is Cc1ccccc1/C=C/C(=O)Nc1cnc(-n2c(C)nc(C)c2C)nc1. The van der Waals surface area contributed by atoms with Crippen LogP contribution in [0, 0.1) is 27.7 Å². The van der Waals surface area contributed by atoms with Crippen molar-refractivity contribution < 1.29 is 4.79 Å². The van der Waals surface area contributed by atoms with E-state index in [-0.39, 0.29) is 5.91 Å². The Kier molecular flexibility index (Phi) is 4.93. The van der Waals surface area contributed by atoms with Gasteiger partial charge in [0.25, 0.3) is 0 Å². The number of carbonyl (C=O) groups is 1. The maximum atomic E-state index is 12.1. The summed E-state index contributed by atoms with van der Waals surface area (Å²) in [6.07, 6.45) is 6.48. The number of anilines is 1. The van der Waals surface area contributed by atoms with Crippen LogP contribution in [0.2, 0.25) is 0 Å². The topological polar surface area (TPSA) is 72.7 Å². The lowest BCUT2D eigenvalue weighted by atomic mass is 10.1. The number of hydrogen-bond donors (Lipinski definition) is 1. The maximum Gasteiger partial charge on any atom is 0.248 e. The third-order valence-corrected chi connectivity index (χ3v) is 4.22. The molecule has 0 saturated heterocycles. The standard InChI is InChI=1S/C20H21N5O/c1-13-7-5-6-8-17(13)9-10-19(26)24-18-11-21-20(22-12-18)25-15(3)14(2)23-16(25)4/h5-12H,1-4H3,(H,24,26)/b10-9+. The fourth-order valence-corrected chi connectivity index (χ4v) is 2.70. The third-order valence-electron chi connectivity index (χ3n) is 4.22. The highest BCUT2D eigenvalue weighted by Crippen LogP contribution is 2.15. The van der Waals surface area contributed by atoms with Crippen LogP contribution in [-0.2, 0) is 4.79 Å². The van der Waals surface area contributed by atoms with Gasteiger partial charge in [0, 0.05) is 11.8 Å². The minimum Gasteiger partial charge on any atom is -0.320 e. The number of nitrogens with zero attached hydrogens (tertiary/aromatic N) is 4. The molecule has 1 N–H and O–H groups in total. The lowest BCUT2D eigenvalue weighted by molar-refractivity contribution is -0.111. The van der Waals surface area contributed by atoms with Gasteiger partial charge in [0.05, 0.1) is 23.8 Å². The molecule has 6 nitrogen and oxygen atoms in total. The molecule has 0 atom stereocenters. The molecule has 1 amide bonds. The number of carbonyl (C=O) groups excluding carboxylic acids is 1. The Morgan fingerprint density at radius 2 is 1.77 bits per heavy atom. The molecule has 1 aromatic carbocycles. The number of amides is 1. The molecule has 0 aliphatic rings. The Labute approximate surface area is 152 Å². The third kappa shape index (κ3) is 3.69. The van der Waals surface area contributed by atoms with Crippen LogP contribution in [0.25, 0.3) is 12.0 Å². The summed E-state index contributed by atoms with van der Waals surface area (Å²) >= 11 is 0. The van der Waals surface area contributed by atoms with Crippen molar-refractivity contribution >= 4 is 17.7 Å². The number of rotatable bonds is 4. The Bertz CT molecular complexity index is 970. The van der Waals surface area contributed by atoms with Gasteiger partial charge in [-0.2, -0.15) is 0 Å². The number of benzene rings is 1. The van der Waals surface area contributed by atoms with Crippen LogP contribution in [0.1, 0.15) is 28.3 Å². The Morgan fingerprint density at radius 1 is 1.08 bits per heavy atom. The highest BCUT2D eigenvalue weighted by Gasteiger charge is 2.11. The molecule has 0 aliphatic heterocycles. The highest BCUT2D eigenvalue weighted by molar-refractivity contribution is 6.01. The molecular weight excluding hydrogens is 326 g/mol. The Balaban J connectivity index is 1.71. The average molecular weight is 347 g/mol. The first-order valence-electron chi connectivity index (χ1n) is 8.35. The normalized spacial score (nSPS) is 11.1. The van der Waals surface area contributed by atoms with Crippen molar-refractivity contribution in [1.29, 1.82) is 0 Å². The second kappa shape index (κ2) is 7.31. The molecule has 132 valence electrons. The van der Waals surface area contributed by atoms with Gasteiger partial charge in [-0.25, -0.2) is 15.0 Å². The van der Waals surface area contributed by atoms with Crippen molar-refractivity contribution in [1.82, 2.24) is 19.5 Å². The predicted molar refractivity (Wildman–Crippen MR) is 102 cm³/mol. The van der Waals surface area contributed by atoms with Crippen molar-refractivity contribution in [2.75, 3.05) is 5.32 Å². The first kappa shape index (κ1) is 17.5. The number of hydrogen-bond acceptors (Lipinski definition) is 4. The van der Waals surface area contributed by atoms with Crippen LogP contribution >= 0.6 is 0 Å². The fourth-order valence-electron chi connectivity index (χ4n) is 2.70. The fraction of sp³-hybridized carbons (Fsp3) is 0.200. The second-order valence-corrected chi connectivity index (χ2v) is 6.12. The summed E-state index contributed by atoms with van der Waals surface area (Å²) in [5.41, 5.74) is 4.62. The van der Waals surface area contributed by atoms with E-state index in [4.69, 9.17) is 0 Å². The summed E-state index contributed by atoms with van der Waals surface area (Å²) in [5.74, 6) is 1.14. The molecule has 3 rings (SSSR count). The molecule has 6 heteroatoms. The summed E-state index contributed by atoms with van der Waals surface area (Å²) in [6, 6.07) is 7.89. The van der Waals surface area contributed by atoms with E-state index in [0.29, 0.717) is 11.6 Å². The average Bonchev–Trinajstić information content (AvgIpc) is 2.87. The van der Waals surface area contributed by atoms with E-state index < -0.39 is 0 Å². The van der Waals surface area contributed by atoms with Gasteiger partial charge in [-0.3, -0.25) is 9.36 Å². The Hall–Kier alpha value is -3.28. The number of imidazole rings is 1. The second-order valence-electron chi connectivity index (χ2n) is 6.12. The Morgan fingerprint density at radius 3 is 2.38 bits per heavy atom. The van der Waals surface area contributed by atoms with Gasteiger partial charge in [0.2, 0.25) is 11.9 Å². The van der Waals surface area contributed by atoms with Crippen LogP contribution < -0.4 is 5.32 Å². The summed E-state index contributed by atoms with van der Waals surface area (Å²) in [6.45, 7) is 7.85. The monoisotopic (exact) mass is 347 g/mol. The van der Waals surface area contributed by atoms with Crippen LogP contribution in [0.5, 0.6) is 0 Å². The van der Waals surface area contributed by atoms with Crippen LogP contribution in [0.4, 0.5) is 5.69 Å². The minimum absolute atomic E-state index is 0.226. The lowest BCUT2D eigenvalue weighted by Gasteiger charge is -2.07. The van der Waals surface area contributed by atoms with Gasteiger partial charge < -0.3 is 5.32 Å². The molecule has 26 heavy (non-hydrogen) atoms. The van der Waals surface area contributed by atoms with Gasteiger partial charge in [-0.05, 0) is 44.9 Å². The van der Waals surface area contributed by atoms with E-state index in [9.17, 15) is 4.79 Å². The van der Waals surface area contributed by atoms with Crippen molar-refractivity contribution in [3.63, 3.8) is 0 Å². The van der Waals surface area contributed by atoms with Crippen molar-refractivity contribution in [3.8, 4) is 5.95 Å². The molecule has 2 aromatic heterocycles. The van der Waals surface area contributed by atoms with E-state index in [0.717, 1.165) is 28.3 Å². The zero-order valence-corrected chi connectivity index (χ0v) is 15.3. The first-order valence-corrected chi connectivity index (χ1v) is 8.35. The molecule has 3 aromatic rings. The number of aromatic nitrogens is 4. The molecule has 0 spiro atoms. The molecule has 0 fully saturated rings. The minimum atomic E-state index is -0.226. The van der Waals surface area contributed by atoms with Gasteiger partial charge in [-0.1, -0.05) is 24.3 Å². The van der Waals surface area contributed by atoms with Gasteiger partial charge >= 0.3 is 0 Å². The van der Waals surface area contributed by atoms with E-state index in [1.165, 1.54) is 6.08 Å². The van der Waals surface area contributed by atoms with E-state index in [1.807, 2.05) is 56.5 Å². The van der Waals surface area contributed by atoms with E-state index >= 15 is 0 Å². The highest BCUT2D eigenvalue weighted by atomic mass is 16.1. The zero-order valence-electron chi connectivity index (χ0n) is 15.3. The molecule has 0 aliphatic carbocycles. The molecule has 0 bridgehead atoms. The smallest absolute Gasteiger partial charge is 0.248 e. The number of aryl methyl sites for hydroxylation is 3. The van der Waals surface area contributed by atoms with Crippen molar-refractivity contribution in [2.24, 2.45) is 0 Å². The molecular formula is C20H21N5O. The number of nitrogens with one attached hydrogen (secondary N) is 1. The molecule has 0 saturated carbocycles.